The van der Waals surface area contributed by atoms with Gasteiger partial charge in [-0.05, 0) is 19.9 Å². The van der Waals surface area contributed by atoms with Gasteiger partial charge in [-0.25, -0.2) is 4.98 Å². The summed E-state index contributed by atoms with van der Waals surface area (Å²) in [6, 6.07) is 1.88. The predicted octanol–water partition coefficient (Wildman–Crippen LogP) is 0.767. The van der Waals surface area contributed by atoms with Gasteiger partial charge in [-0.3, -0.25) is 18.7 Å². The second kappa shape index (κ2) is 5.63. The van der Waals surface area contributed by atoms with Crippen molar-refractivity contribution in [2.75, 3.05) is 11.9 Å². The second-order valence-corrected chi connectivity index (χ2v) is 5.09. The topological polar surface area (TPSA) is 82.6 Å². The van der Waals surface area contributed by atoms with Gasteiger partial charge in [0.05, 0.1) is 12.2 Å². The van der Waals surface area contributed by atoms with E-state index in [1.54, 1.807) is 22.5 Å². The van der Waals surface area contributed by atoms with Crippen LogP contribution in [-0.2, 0) is 20.1 Å². The number of rotatable bonds is 5. The Morgan fingerprint density at radius 2 is 2.18 bits per heavy atom. The third-order valence-electron chi connectivity index (χ3n) is 3.61. The molecule has 8 nitrogen and oxygen atoms in total. The average molecular weight is 301 g/mol. The zero-order valence-corrected chi connectivity index (χ0v) is 12.9. The molecule has 0 aliphatic heterocycles. The first-order valence-electron chi connectivity index (χ1n) is 7.27. The predicted molar refractivity (Wildman–Crippen MR) is 83.9 cm³/mol. The third-order valence-corrected chi connectivity index (χ3v) is 3.61. The van der Waals surface area contributed by atoms with E-state index in [0.29, 0.717) is 36.6 Å². The molecule has 3 heterocycles. The highest BCUT2D eigenvalue weighted by Gasteiger charge is 2.15. The number of hydrogen-bond acceptors (Lipinski definition) is 5. The van der Waals surface area contributed by atoms with Gasteiger partial charge in [0.25, 0.3) is 5.56 Å². The van der Waals surface area contributed by atoms with Crippen molar-refractivity contribution in [3.8, 4) is 0 Å². The Labute approximate surface area is 127 Å². The summed E-state index contributed by atoms with van der Waals surface area (Å²) in [6.07, 6.45) is 3.64. The molecule has 0 radical (unpaired) electrons. The van der Waals surface area contributed by atoms with E-state index in [-0.39, 0.29) is 5.56 Å². The highest BCUT2D eigenvalue weighted by molar-refractivity contribution is 5.77. The number of aryl methyl sites for hydroxylation is 2. The molecule has 0 aliphatic carbocycles. The summed E-state index contributed by atoms with van der Waals surface area (Å²) < 4.78 is 5.06. The monoisotopic (exact) mass is 301 g/mol. The number of aromatic nitrogens is 6. The summed E-state index contributed by atoms with van der Waals surface area (Å²) in [6.45, 7) is 5.68. The van der Waals surface area contributed by atoms with Crippen LogP contribution in [0.5, 0.6) is 0 Å². The van der Waals surface area contributed by atoms with Crippen molar-refractivity contribution in [3.05, 3.63) is 34.5 Å². The highest BCUT2D eigenvalue weighted by Crippen LogP contribution is 2.14. The van der Waals surface area contributed by atoms with E-state index in [9.17, 15) is 4.79 Å². The van der Waals surface area contributed by atoms with Crippen LogP contribution in [0.15, 0.2) is 23.3 Å². The molecule has 0 unspecified atom stereocenters. The summed E-state index contributed by atoms with van der Waals surface area (Å²) in [4.78, 5) is 17.2. The van der Waals surface area contributed by atoms with E-state index in [1.807, 2.05) is 30.8 Å². The van der Waals surface area contributed by atoms with Gasteiger partial charge < -0.3 is 5.32 Å². The Morgan fingerprint density at radius 3 is 2.86 bits per heavy atom. The lowest BCUT2D eigenvalue weighted by molar-refractivity contribution is 0.629. The van der Waals surface area contributed by atoms with Gasteiger partial charge in [0.15, 0.2) is 5.52 Å². The van der Waals surface area contributed by atoms with Gasteiger partial charge in [0, 0.05) is 32.5 Å². The van der Waals surface area contributed by atoms with Crippen molar-refractivity contribution in [2.45, 2.75) is 26.9 Å². The smallest absolute Gasteiger partial charge is 0.281 e. The van der Waals surface area contributed by atoms with E-state index in [1.165, 1.54) is 0 Å². The molecule has 3 rings (SSSR count). The number of fused-ring (bicyclic) bond motifs is 1. The minimum Gasteiger partial charge on any atom is -0.354 e. The van der Waals surface area contributed by atoms with Gasteiger partial charge in [0.1, 0.15) is 5.52 Å². The Balaban J connectivity index is 1.94. The Morgan fingerprint density at radius 1 is 1.36 bits per heavy atom. The molecule has 0 bridgehead atoms. The lowest BCUT2D eigenvalue weighted by Crippen LogP contribution is -2.26. The number of hydrogen-bond donors (Lipinski definition) is 1. The first kappa shape index (κ1) is 14.3. The highest BCUT2D eigenvalue weighted by atomic mass is 16.1. The number of nitrogens with zero attached hydrogens (tertiary/aromatic N) is 6. The van der Waals surface area contributed by atoms with Crippen LogP contribution in [0, 0.1) is 6.92 Å². The maximum atomic E-state index is 12.6. The fourth-order valence-electron chi connectivity index (χ4n) is 2.55. The molecule has 0 spiro atoms. The average Bonchev–Trinajstić information content (AvgIpc) is 3.08. The zero-order chi connectivity index (χ0) is 15.7. The Bertz CT molecular complexity index is 844. The molecule has 0 saturated heterocycles. The van der Waals surface area contributed by atoms with Crippen LogP contribution in [0.25, 0.3) is 11.0 Å². The number of anilines is 1. The van der Waals surface area contributed by atoms with Gasteiger partial charge in [-0.2, -0.15) is 10.2 Å². The molecule has 1 N–H and O–H groups in total. The van der Waals surface area contributed by atoms with Crippen LogP contribution < -0.4 is 10.9 Å². The lowest BCUT2D eigenvalue weighted by atomic mass is 10.3. The van der Waals surface area contributed by atoms with Gasteiger partial charge in [-0.1, -0.05) is 0 Å². The van der Waals surface area contributed by atoms with E-state index in [2.05, 4.69) is 20.5 Å². The zero-order valence-electron chi connectivity index (χ0n) is 12.9. The summed E-state index contributed by atoms with van der Waals surface area (Å²) in [5.74, 6) is 0.572. The molecular formula is C14H19N7O. The maximum absolute atomic E-state index is 12.6. The van der Waals surface area contributed by atoms with Crippen molar-refractivity contribution >= 4 is 17.0 Å². The Hall–Kier alpha value is -2.64. The first-order valence-corrected chi connectivity index (χ1v) is 7.27. The molecule has 116 valence electrons. The molecule has 0 aromatic carbocycles. The molecule has 3 aromatic heterocycles. The van der Waals surface area contributed by atoms with Crippen LogP contribution >= 0.6 is 0 Å². The fourth-order valence-corrected chi connectivity index (χ4v) is 2.55. The van der Waals surface area contributed by atoms with Crippen molar-refractivity contribution in [1.29, 1.82) is 0 Å². The van der Waals surface area contributed by atoms with Gasteiger partial charge >= 0.3 is 0 Å². The number of nitrogens with one attached hydrogen (secondary N) is 1. The maximum Gasteiger partial charge on any atom is 0.281 e. The largest absolute Gasteiger partial charge is 0.354 e. The van der Waals surface area contributed by atoms with Gasteiger partial charge in [0.2, 0.25) is 5.95 Å². The van der Waals surface area contributed by atoms with Crippen LogP contribution in [0.3, 0.4) is 0 Å². The molecule has 0 atom stereocenters. The van der Waals surface area contributed by atoms with Crippen molar-refractivity contribution in [2.24, 2.45) is 7.05 Å². The van der Waals surface area contributed by atoms with Crippen molar-refractivity contribution in [1.82, 2.24) is 29.1 Å². The normalized spacial score (nSPS) is 11.2. The van der Waals surface area contributed by atoms with Crippen LogP contribution in [-0.4, -0.2) is 35.7 Å². The SMILES string of the molecule is CCn1c(NCCn2cccn2)nc2c(C)nn(C)c2c1=O. The summed E-state index contributed by atoms with van der Waals surface area (Å²) in [7, 11) is 1.77. The standard InChI is InChI=1S/C14H19N7O/c1-4-21-13(22)12-11(10(2)18-19(12)3)17-14(21)15-7-9-20-8-5-6-16-20/h5-6,8H,4,7,9H2,1-3H3,(H,15,17). The second-order valence-electron chi connectivity index (χ2n) is 5.09. The van der Waals surface area contributed by atoms with Crippen LogP contribution in [0.1, 0.15) is 12.6 Å². The Kier molecular flexibility index (Phi) is 3.66. The first-order chi connectivity index (χ1) is 10.6. The fraction of sp³-hybridized carbons (Fsp3) is 0.429. The molecule has 8 heteroatoms. The third kappa shape index (κ3) is 2.36. The molecule has 0 amide bonds. The summed E-state index contributed by atoms with van der Waals surface area (Å²) >= 11 is 0. The molecule has 3 aromatic rings. The van der Waals surface area contributed by atoms with E-state index in [4.69, 9.17) is 0 Å². The van der Waals surface area contributed by atoms with Crippen molar-refractivity contribution in [3.63, 3.8) is 0 Å². The minimum atomic E-state index is -0.0720. The molecule has 22 heavy (non-hydrogen) atoms. The summed E-state index contributed by atoms with van der Waals surface area (Å²) in [5, 5.41) is 11.7. The van der Waals surface area contributed by atoms with E-state index in [0.717, 1.165) is 5.69 Å². The van der Waals surface area contributed by atoms with E-state index < -0.39 is 0 Å². The molecular weight excluding hydrogens is 282 g/mol. The lowest BCUT2D eigenvalue weighted by Gasteiger charge is -2.12. The van der Waals surface area contributed by atoms with Crippen molar-refractivity contribution < 1.29 is 0 Å². The van der Waals surface area contributed by atoms with E-state index >= 15 is 0 Å². The summed E-state index contributed by atoms with van der Waals surface area (Å²) in [5.41, 5.74) is 1.88. The van der Waals surface area contributed by atoms with Crippen LogP contribution in [0.2, 0.25) is 0 Å². The molecule has 0 fully saturated rings. The molecule has 0 aliphatic rings. The minimum absolute atomic E-state index is 0.0720. The van der Waals surface area contributed by atoms with Crippen LogP contribution in [0.4, 0.5) is 5.95 Å². The quantitative estimate of drug-likeness (QED) is 0.752. The molecule has 0 saturated carbocycles. The van der Waals surface area contributed by atoms with Gasteiger partial charge in [-0.15, -0.1) is 0 Å².